The van der Waals surface area contributed by atoms with E-state index >= 15 is 0 Å². The van der Waals surface area contributed by atoms with E-state index in [1.165, 1.54) is 19.2 Å². The number of methoxy groups -OCH3 is 1. The van der Waals surface area contributed by atoms with E-state index in [9.17, 15) is 18.0 Å². The highest BCUT2D eigenvalue weighted by Gasteiger charge is 2.30. The maximum absolute atomic E-state index is 12.2. The number of esters is 1. The van der Waals surface area contributed by atoms with E-state index in [0.29, 0.717) is 11.3 Å². The van der Waals surface area contributed by atoms with Gasteiger partial charge in [-0.2, -0.15) is 0 Å². The summed E-state index contributed by atoms with van der Waals surface area (Å²) in [5.41, 5.74) is 1.21. The minimum absolute atomic E-state index is 0.00262. The number of benzene rings is 2. The first-order chi connectivity index (χ1) is 13.4. The summed E-state index contributed by atoms with van der Waals surface area (Å²) >= 11 is 0. The van der Waals surface area contributed by atoms with Gasteiger partial charge in [0.1, 0.15) is 5.75 Å². The summed E-state index contributed by atoms with van der Waals surface area (Å²) in [6.07, 6.45) is -0.647. The highest BCUT2D eigenvalue weighted by Crippen LogP contribution is 2.20. The Morgan fingerprint density at radius 2 is 1.86 bits per heavy atom. The van der Waals surface area contributed by atoms with E-state index < -0.39 is 28.0 Å². The number of amides is 1. The summed E-state index contributed by atoms with van der Waals surface area (Å²) in [5, 5.41) is 2.58. The van der Waals surface area contributed by atoms with Crippen LogP contribution < -0.4 is 14.8 Å². The fraction of sp³-hybridized carbons (Fsp3) is 0.263. The lowest BCUT2D eigenvalue weighted by atomic mass is 9.98. The minimum atomic E-state index is -3.70. The van der Waals surface area contributed by atoms with Crippen LogP contribution in [0.25, 0.3) is 0 Å². The number of rotatable bonds is 7. The van der Waals surface area contributed by atoms with E-state index in [1.54, 1.807) is 36.4 Å². The SMILES string of the molecule is COc1ccc(S(=O)(=O)NCCNC(=O)[C@H]2Cc3ccccc3C(=O)O2)cc1. The summed E-state index contributed by atoms with van der Waals surface area (Å²) in [7, 11) is -2.21. The van der Waals surface area contributed by atoms with E-state index in [2.05, 4.69) is 10.0 Å². The topological polar surface area (TPSA) is 111 Å². The first kappa shape index (κ1) is 19.8. The second-order valence-corrected chi connectivity index (χ2v) is 7.89. The molecule has 0 aliphatic carbocycles. The Balaban J connectivity index is 1.50. The Morgan fingerprint density at radius 1 is 1.14 bits per heavy atom. The van der Waals surface area contributed by atoms with Crippen LogP contribution in [-0.4, -0.2) is 46.6 Å². The molecule has 0 aromatic heterocycles. The molecule has 2 aromatic carbocycles. The smallest absolute Gasteiger partial charge is 0.339 e. The Kier molecular flexibility index (Phi) is 5.96. The summed E-state index contributed by atoms with van der Waals surface area (Å²) < 4.78 is 37.0. The normalized spacial score (nSPS) is 16.0. The fourth-order valence-electron chi connectivity index (χ4n) is 2.80. The highest BCUT2D eigenvalue weighted by atomic mass is 32.2. The summed E-state index contributed by atoms with van der Waals surface area (Å²) in [6.45, 7) is 0.0568. The fourth-order valence-corrected chi connectivity index (χ4v) is 3.83. The van der Waals surface area contributed by atoms with Crippen molar-refractivity contribution in [3.63, 3.8) is 0 Å². The van der Waals surface area contributed by atoms with Gasteiger partial charge < -0.3 is 14.8 Å². The molecule has 0 unspecified atom stereocenters. The molecule has 1 aliphatic heterocycles. The average Bonchev–Trinajstić information content (AvgIpc) is 2.71. The number of cyclic esters (lactones) is 1. The summed E-state index contributed by atoms with van der Waals surface area (Å²) in [4.78, 5) is 24.3. The molecule has 1 atom stereocenters. The first-order valence-corrected chi connectivity index (χ1v) is 10.1. The lowest BCUT2D eigenvalue weighted by Gasteiger charge is -2.23. The summed E-state index contributed by atoms with van der Waals surface area (Å²) in [5.74, 6) is -0.455. The molecule has 1 amide bonds. The molecule has 3 rings (SSSR count). The van der Waals surface area contributed by atoms with Gasteiger partial charge in [0, 0.05) is 19.5 Å². The standard InChI is InChI=1S/C19H20N2O6S/c1-26-14-6-8-15(9-7-14)28(24,25)21-11-10-20-18(22)17-12-13-4-2-3-5-16(13)19(23)27-17/h2-9,17,21H,10-12H2,1H3,(H,20,22)/t17-/m1/s1. The number of fused-ring (bicyclic) bond motifs is 1. The zero-order chi connectivity index (χ0) is 20.1. The molecule has 0 fully saturated rings. The average molecular weight is 404 g/mol. The molecule has 148 valence electrons. The van der Waals surface area contributed by atoms with Crippen LogP contribution >= 0.6 is 0 Å². The molecular weight excluding hydrogens is 384 g/mol. The molecule has 8 nitrogen and oxygen atoms in total. The van der Waals surface area contributed by atoms with E-state index in [0.717, 1.165) is 5.56 Å². The Hall–Kier alpha value is -2.91. The van der Waals surface area contributed by atoms with Crippen molar-refractivity contribution in [1.29, 1.82) is 0 Å². The van der Waals surface area contributed by atoms with Crippen molar-refractivity contribution in [2.24, 2.45) is 0 Å². The third kappa shape index (κ3) is 4.49. The number of sulfonamides is 1. The van der Waals surface area contributed by atoms with Crippen LogP contribution in [0.15, 0.2) is 53.4 Å². The third-order valence-corrected chi connectivity index (χ3v) is 5.75. The molecule has 0 saturated heterocycles. The van der Waals surface area contributed by atoms with Gasteiger partial charge in [-0.05, 0) is 35.9 Å². The van der Waals surface area contributed by atoms with E-state index in [4.69, 9.17) is 9.47 Å². The van der Waals surface area contributed by atoms with Crippen LogP contribution in [0.1, 0.15) is 15.9 Å². The summed E-state index contributed by atoms with van der Waals surface area (Å²) in [6, 6.07) is 12.9. The number of nitrogens with one attached hydrogen (secondary N) is 2. The van der Waals surface area contributed by atoms with Crippen molar-refractivity contribution in [3.05, 3.63) is 59.7 Å². The van der Waals surface area contributed by atoms with Crippen LogP contribution in [0.5, 0.6) is 5.75 Å². The molecule has 9 heteroatoms. The monoisotopic (exact) mass is 404 g/mol. The minimum Gasteiger partial charge on any atom is -0.497 e. The molecule has 2 aromatic rings. The number of carbonyl (C=O) groups excluding carboxylic acids is 2. The number of ether oxygens (including phenoxy) is 2. The van der Waals surface area contributed by atoms with Gasteiger partial charge >= 0.3 is 5.97 Å². The molecule has 2 N–H and O–H groups in total. The maximum Gasteiger partial charge on any atom is 0.339 e. The van der Waals surface area contributed by atoms with Gasteiger partial charge in [0.2, 0.25) is 10.0 Å². The quantitative estimate of drug-likeness (QED) is 0.523. The van der Waals surface area contributed by atoms with Crippen molar-refractivity contribution in [2.45, 2.75) is 17.4 Å². The zero-order valence-corrected chi connectivity index (χ0v) is 16.0. The molecule has 1 aliphatic rings. The van der Waals surface area contributed by atoms with E-state index in [-0.39, 0.29) is 24.4 Å². The third-order valence-electron chi connectivity index (χ3n) is 4.27. The maximum atomic E-state index is 12.2. The van der Waals surface area contributed by atoms with Gasteiger partial charge in [-0.15, -0.1) is 0 Å². The van der Waals surface area contributed by atoms with Crippen molar-refractivity contribution in [2.75, 3.05) is 20.2 Å². The molecule has 0 saturated carbocycles. The number of carbonyl (C=O) groups is 2. The lowest BCUT2D eigenvalue weighted by molar-refractivity contribution is -0.130. The zero-order valence-electron chi connectivity index (χ0n) is 15.2. The van der Waals surface area contributed by atoms with Crippen molar-refractivity contribution >= 4 is 21.9 Å². The lowest BCUT2D eigenvalue weighted by Crippen LogP contribution is -2.44. The molecule has 0 bridgehead atoms. The van der Waals surface area contributed by atoms with Crippen LogP contribution in [-0.2, 0) is 26.0 Å². The Morgan fingerprint density at radius 3 is 2.57 bits per heavy atom. The van der Waals surface area contributed by atoms with E-state index in [1.807, 2.05) is 0 Å². The predicted molar refractivity (Wildman–Crippen MR) is 101 cm³/mol. The highest BCUT2D eigenvalue weighted by molar-refractivity contribution is 7.89. The Bertz CT molecular complexity index is 972. The largest absolute Gasteiger partial charge is 0.497 e. The van der Waals surface area contributed by atoms with Gasteiger partial charge in [0.15, 0.2) is 6.10 Å². The first-order valence-electron chi connectivity index (χ1n) is 8.61. The molecule has 1 heterocycles. The molecular formula is C19H20N2O6S. The predicted octanol–water partition coefficient (Wildman–Crippen LogP) is 0.871. The van der Waals surface area contributed by atoms with Crippen molar-refractivity contribution in [3.8, 4) is 5.75 Å². The molecule has 0 spiro atoms. The van der Waals surface area contributed by atoms with Crippen LogP contribution in [0, 0.1) is 0 Å². The second kappa shape index (κ2) is 8.41. The van der Waals surface area contributed by atoms with Crippen molar-refractivity contribution in [1.82, 2.24) is 10.0 Å². The Labute approximate surface area is 162 Å². The van der Waals surface area contributed by atoms with Crippen LogP contribution in [0.3, 0.4) is 0 Å². The van der Waals surface area contributed by atoms with Gasteiger partial charge in [0.25, 0.3) is 5.91 Å². The van der Waals surface area contributed by atoms with Gasteiger partial charge in [-0.25, -0.2) is 17.9 Å². The van der Waals surface area contributed by atoms with Gasteiger partial charge in [0.05, 0.1) is 17.6 Å². The van der Waals surface area contributed by atoms with Gasteiger partial charge in [-0.3, -0.25) is 4.79 Å². The second-order valence-electron chi connectivity index (χ2n) is 6.12. The number of hydrogen-bond donors (Lipinski definition) is 2. The van der Waals surface area contributed by atoms with Crippen LogP contribution in [0.2, 0.25) is 0 Å². The van der Waals surface area contributed by atoms with Crippen LogP contribution in [0.4, 0.5) is 0 Å². The van der Waals surface area contributed by atoms with Gasteiger partial charge in [-0.1, -0.05) is 18.2 Å². The molecule has 28 heavy (non-hydrogen) atoms. The van der Waals surface area contributed by atoms with Crippen molar-refractivity contribution < 1.29 is 27.5 Å². The number of hydrogen-bond acceptors (Lipinski definition) is 6. The molecule has 0 radical (unpaired) electrons.